The summed E-state index contributed by atoms with van der Waals surface area (Å²) in [7, 11) is 1.54. The minimum Gasteiger partial charge on any atom is -0.478 e. The van der Waals surface area contributed by atoms with Gasteiger partial charge >= 0.3 is 18.2 Å². The number of nitrogens with zero attached hydrogens (tertiary/aromatic N) is 1. The molecule has 0 unspecified atom stereocenters. The molecule has 7 atom stereocenters. The lowest BCUT2D eigenvalue weighted by Gasteiger charge is -2.36. The Morgan fingerprint density at radius 2 is 1.45 bits per heavy atom. The average molecular weight is 992 g/mol. The molecule has 8 N–H and O–H groups in total. The molecule has 20 nitrogen and oxygen atoms in total. The number of carboxylic acids is 1. The van der Waals surface area contributed by atoms with Crippen LogP contribution in [-0.2, 0) is 47.7 Å². The first kappa shape index (κ1) is 62.3. The lowest BCUT2D eigenvalue weighted by Crippen LogP contribution is -2.59. The molecule has 398 valence electrons. The zero-order valence-electron chi connectivity index (χ0n) is 42.7. The van der Waals surface area contributed by atoms with Crippen molar-refractivity contribution in [3.8, 4) is 0 Å². The molecule has 1 aliphatic carbocycles. The van der Waals surface area contributed by atoms with E-state index in [1.807, 2.05) is 13.8 Å². The fraction of sp³-hybridized carbons (Fsp3) is 0.830. The second-order valence-corrected chi connectivity index (χ2v) is 20.1. The lowest BCUT2D eigenvalue weighted by molar-refractivity contribution is -0.155. The summed E-state index contributed by atoms with van der Waals surface area (Å²) >= 11 is 0. The monoisotopic (exact) mass is 992 g/mol. The van der Waals surface area contributed by atoms with E-state index >= 15 is 0 Å². The van der Waals surface area contributed by atoms with Crippen molar-refractivity contribution in [2.24, 2.45) is 23.5 Å². The molecule has 0 heterocycles. The molecule has 1 aliphatic rings. The predicted molar refractivity (Wildman–Crippen MR) is 252 cm³/mol. The van der Waals surface area contributed by atoms with Gasteiger partial charge in [-0.25, -0.2) is 23.2 Å². The van der Waals surface area contributed by atoms with Gasteiger partial charge in [-0.2, -0.15) is 0 Å². The Morgan fingerprint density at radius 3 is 2.01 bits per heavy atom. The van der Waals surface area contributed by atoms with Crippen LogP contribution in [0.1, 0.15) is 140 Å². The molecule has 0 aromatic heterocycles. The Kier molecular flexibility index (Phi) is 27.2. The van der Waals surface area contributed by atoms with E-state index < -0.39 is 115 Å². The van der Waals surface area contributed by atoms with E-state index in [1.165, 1.54) is 11.9 Å². The van der Waals surface area contributed by atoms with Gasteiger partial charge in [0.15, 0.2) is 0 Å². The van der Waals surface area contributed by atoms with E-state index in [0.29, 0.717) is 25.5 Å². The van der Waals surface area contributed by atoms with Gasteiger partial charge in [-0.3, -0.25) is 19.2 Å². The molecule has 0 radical (unpaired) electrons. The number of nitrogens with one attached hydrogen (secondary N) is 5. The third-order valence-corrected chi connectivity index (χ3v) is 11.4. The number of amides is 6. The topological polar surface area (TPSA) is 283 Å². The summed E-state index contributed by atoms with van der Waals surface area (Å²) in [6.07, 6.45) is 5.99. The Bertz CT molecular complexity index is 1660. The quantitative estimate of drug-likeness (QED) is 0.0379. The Morgan fingerprint density at radius 1 is 0.826 bits per heavy atom. The van der Waals surface area contributed by atoms with Gasteiger partial charge in [-0.05, 0) is 79.1 Å². The van der Waals surface area contributed by atoms with Crippen LogP contribution < -0.4 is 32.3 Å². The highest BCUT2D eigenvalue weighted by Gasteiger charge is 2.39. The maximum atomic E-state index is 14.4. The number of alkyl halides is 2. The maximum absolute atomic E-state index is 14.4. The molecule has 0 bridgehead atoms. The van der Waals surface area contributed by atoms with Gasteiger partial charge in [0, 0.05) is 19.6 Å². The highest BCUT2D eigenvalue weighted by molar-refractivity contribution is 5.93. The maximum Gasteiger partial charge on any atom is 0.408 e. The molecule has 0 saturated heterocycles. The molecular formula is C47H83F2N7O13. The molecule has 0 aromatic rings. The second-order valence-electron chi connectivity index (χ2n) is 20.1. The molecule has 22 heteroatoms. The summed E-state index contributed by atoms with van der Waals surface area (Å²) in [5, 5.41) is 21.6. The zero-order valence-corrected chi connectivity index (χ0v) is 42.7. The Hall–Kier alpha value is -4.70. The van der Waals surface area contributed by atoms with Crippen molar-refractivity contribution >= 4 is 48.1 Å². The van der Waals surface area contributed by atoms with Crippen molar-refractivity contribution in [2.75, 3.05) is 40.0 Å². The van der Waals surface area contributed by atoms with Crippen LogP contribution in [0.15, 0.2) is 0 Å². The third-order valence-electron chi connectivity index (χ3n) is 11.4. The number of nitrogens with two attached hydrogens (primary N) is 1. The molecule has 0 spiro atoms. The van der Waals surface area contributed by atoms with Crippen molar-refractivity contribution in [1.29, 1.82) is 0 Å². The van der Waals surface area contributed by atoms with Crippen molar-refractivity contribution in [2.45, 2.75) is 193 Å². The SMILES string of the molecule is CCCCCC[C@H](OC[C@H](C)NC(=O)[C@@H](N)COCC(F)(F)CNC(=O)OC(C)(C)C(=O)O)[C@H](C)C(=O)N(C)[C@H](CC(C)C)C(=O)N[C@H](C(=O)N[C@@H](C=O)CNC(=O)OC(C)(C)C)C1CCCCC1. The molecule has 6 amide bonds. The van der Waals surface area contributed by atoms with Gasteiger partial charge in [0.05, 0.1) is 31.8 Å². The second kappa shape index (κ2) is 30.1. The number of aliphatic carboxylic acids is 1. The van der Waals surface area contributed by atoms with Gasteiger partial charge in [-0.1, -0.05) is 72.6 Å². The number of carbonyl (C=O) groups excluding carboxylic acids is 7. The first-order valence-corrected chi connectivity index (χ1v) is 24.2. The number of hydrogen-bond donors (Lipinski definition) is 7. The summed E-state index contributed by atoms with van der Waals surface area (Å²) in [6, 6.07) is -5.13. The summed E-state index contributed by atoms with van der Waals surface area (Å²) in [5.74, 6) is -8.36. The highest BCUT2D eigenvalue weighted by atomic mass is 19.3. The van der Waals surface area contributed by atoms with E-state index in [2.05, 4.69) is 32.9 Å². The van der Waals surface area contributed by atoms with E-state index in [-0.39, 0.29) is 37.3 Å². The fourth-order valence-corrected chi connectivity index (χ4v) is 7.43. The van der Waals surface area contributed by atoms with Crippen LogP contribution in [0.3, 0.4) is 0 Å². The first-order chi connectivity index (χ1) is 32.0. The number of likely N-dealkylation sites (N-methyl/N-ethyl adjacent to an activating group) is 1. The van der Waals surface area contributed by atoms with E-state index in [9.17, 15) is 47.1 Å². The lowest BCUT2D eigenvalue weighted by atomic mass is 9.83. The van der Waals surface area contributed by atoms with Crippen molar-refractivity contribution in [3.05, 3.63) is 0 Å². The van der Waals surface area contributed by atoms with E-state index in [4.69, 9.17) is 25.1 Å². The van der Waals surface area contributed by atoms with E-state index in [0.717, 1.165) is 58.8 Å². The normalized spacial score (nSPS) is 16.6. The van der Waals surface area contributed by atoms with E-state index in [1.54, 1.807) is 39.9 Å². The number of carboxylic acid groups (broad SMARTS) is 1. The molecular weight excluding hydrogens is 909 g/mol. The fourth-order valence-electron chi connectivity index (χ4n) is 7.43. The van der Waals surface area contributed by atoms with Crippen molar-refractivity contribution in [1.82, 2.24) is 31.5 Å². The minimum absolute atomic E-state index is 0.0436. The molecule has 0 aromatic carbocycles. The number of halogens is 2. The van der Waals surface area contributed by atoms with Crippen LogP contribution in [0.25, 0.3) is 0 Å². The van der Waals surface area contributed by atoms with Gasteiger partial charge in [0.2, 0.25) is 29.2 Å². The number of rotatable bonds is 31. The smallest absolute Gasteiger partial charge is 0.408 e. The van der Waals surface area contributed by atoms with Crippen molar-refractivity contribution in [3.63, 3.8) is 0 Å². The van der Waals surface area contributed by atoms with Gasteiger partial charge in [-0.15, -0.1) is 0 Å². The summed E-state index contributed by atoms with van der Waals surface area (Å²) in [6.45, 7) is 13.1. The number of ether oxygens (including phenoxy) is 4. The number of unbranched alkanes of at least 4 members (excludes halogenated alkanes) is 3. The van der Waals surface area contributed by atoms with Gasteiger partial charge in [0.25, 0.3) is 5.92 Å². The highest BCUT2D eigenvalue weighted by Crippen LogP contribution is 2.28. The van der Waals surface area contributed by atoms with Gasteiger partial charge in [0.1, 0.15) is 42.7 Å². The summed E-state index contributed by atoms with van der Waals surface area (Å²) in [5.41, 5.74) is 3.20. The predicted octanol–water partition coefficient (Wildman–Crippen LogP) is 4.20. The van der Waals surface area contributed by atoms with Crippen LogP contribution in [0.2, 0.25) is 0 Å². The third kappa shape index (κ3) is 24.6. The average Bonchev–Trinajstić information content (AvgIpc) is 3.26. The number of alkyl carbamates (subject to hydrolysis) is 2. The number of carbonyl (C=O) groups is 8. The largest absolute Gasteiger partial charge is 0.478 e. The molecule has 1 rings (SSSR count). The van der Waals surface area contributed by atoms with Crippen LogP contribution in [-0.4, -0.2) is 151 Å². The molecule has 0 aliphatic heterocycles. The zero-order chi connectivity index (χ0) is 52.7. The van der Waals surface area contributed by atoms with Crippen molar-refractivity contribution < 1.29 is 71.2 Å². The Balaban J connectivity index is 3.07. The Labute approximate surface area is 406 Å². The minimum atomic E-state index is -3.61. The summed E-state index contributed by atoms with van der Waals surface area (Å²) in [4.78, 5) is 104. The van der Waals surface area contributed by atoms with Crippen LogP contribution >= 0.6 is 0 Å². The molecule has 1 saturated carbocycles. The number of hydrogen-bond acceptors (Lipinski definition) is 13. The first-order valence-electron chi connectivity index (χ1n) is 24.2. The summed E-state index contributed by atoms with van der Waals surface area (Å²) < 4.78 is 49.9. The standard InChI is InChI=1S/C47H83F2N7O13/c1-12-13-14-18-21-36(67-25-30(4)53-38(58)34(50)26-66-28-47(48,49)27-52-44(65)69-46(9,10)42(62)63)31(5)41(61)56(11)35(22-29(2)3)39(59)55-37(32-19-16-15-17-20-32)40(60)54-33(24-57)23-51-43(64)68-45(6,7)8/h24,29-37H,12-23,25-28,50H2,1-11H3,(H,51,64)(H,52,65)(H,53,58)(H,54,60)(H,55,59)(H,62,63)/t30-,31-,33+,34-,35+,36-,37-/m0/s1. The molecule has 69 heavy (non-hydrogen) atoms. The molecule has 1 fully saturated rings. The van der Waals surface area contributed by atoms with Gasteiger partial charge < -0.3 is 66.1 Å². The van der Waals surface area contributed by atoms with Crippen LogP contribution in [0, 0.1) is 17.8 Å². The van der Waals surface area contributed by atoms with Crippen LogP contribution in [0.5, 0.6) is 0 Å². The number of aldehydes is 1. The van der Waals surface area contributed by atoms with Crippen LogP contribution in [0.4, 0.5) is 18.4 Å².